The fraction of sp³-hybridized carbons (Fsp3) is 0.0200. The van der Waals surface area contributed by atoms with Gasteiger partial charge in [-0.3, -0.25) is 14.4 Å². The zero-order chi connectivity index (χ0) is 37.4. The molecule has 5 nitrogen and oxygen atoms in total. The van der Waals surface area contributed by atoms with Gasteiger partial charge in [-0.05, 0) is 113 Å². The van der Waals surface area contributed by atoms with Crippen molar-refractivity contribution >= 4 is 113 Å². The number of fused-ring (bicyclic) bond motifs is 16. The molecule has 0 atom stereocenters. The molecule has 0 spiro atoms. The number of para-hydroxylation sites is 2. The molecule has 7 aromatic heterocycles. The molecular weight excluding hydrogens is 737 g/mol. The number of aryl methyl sites for hydroxylation is 1. The summed E-state index contributed by atoms with van der Waals surface area (Å²) in [4.78, 5) is 14.8. The summed E-state index contributed by atoms with van der Waals surface area (Å²) in [6.07, 6.45) is 3.79. The van der Waals surface area contributed by atoms with Crippen LogP contribution in [0.25, 0.3) is 124 Å². The van der Waals surface area contributed by atoms with Crippen LogP contribution in [0.15, 0.2) is 156 Å². The predicted molar refractivity (Wildman–Crippen MR) is 240 cm³/mol. The van der Waals surface area contributed by atoms with Crippen molar-refractivity contribution < 1.29 is 4.42 Å². The Morgan fingerprint density at radius 2 is 1.26 bits per heavy atom. The Hall–Kier alpha value is -6.93. The van der Waals surface area contributed by atoms with Crippen molar-refractivity contribution in [3.8, 4) is 33.4 Å². The summed E-state index contributed by atoms with van der Waals surface area (Å²) in [7, 11) is 0. The number of furan rings is 1. The molecule has 0 amide bonds. The monoisotopic (exact) mass is 764 g/mol. The highest BCUT2D eigenvalue weighted by atomic mass is 32.1. The average molecular weight is 765 g/mol. The molecule has 0 radical (unpaired) electrons. The topological polar surface area (TPSA) is 56.2 Å². The molecule has 0 unspecified atom stereocenters. The molecule has 7 heteroatoms. The predicted octanol–water partition coefficient (Wildman–Crippen LogP) is 14.4. The molecule has 0 aliphatic rings. The molecule has 0 N–H and O–H groups in total. The van der Waals surface area contributed by atoms with Gasteiger partial charge in [-0.2, -0.15) is 0 Å². The second-order valence-corrected chi connectivity index (χ2v) is 16.9. The number of hydrogen-bond acceptors (Lipinski definition) is 6. The van der Waals surface area contributed by atoms with Crippen molar-refractivity contribution in [3.63, 3.8) is 0 Å². The van der Waals surface area contributed by atoms with Crippen LogP contribution in [0.4, 0.5) is 0 Å². The largest absolute Gasteiger partial charge is 0.454 e. The highest BCUT2D eigenvalue weighted by Gasteiger charge is 2.21. The van der Waals surface area contributed by atoms with E-state index in [9.17, 15) is 0 Å². The number of hydrogen-bond donors (Lipinski definition) is 0. The van der Waals surface area contributed by atoms with Crippen molar-refractivity contribution in [2.75, 3.05) is 0 Å². The number of rotatable bonds is 3. The Morgan fingerprint density at radius 1 is 0.544 bits per heavy atom. The van der Waals surface area contributed by atoms with Gasteiger partial charge in [0.05, 0.1) is 31.5 Å². The van der Waals surface area contributed by atoms with E-state index in [0.717, 1.165) is 71.7 Å². The van der Waals surface area contributed by atoms with Crippen molar-refractivity contribution in [2.45, 2.75) is 6.92 Å². The van der Waals surface area contributed by atoms with Crippen molar-refractivity contribution in [1.29, 1.82) is 0 Å². The van der Waals surface area contributed by atoms with E-state index in [1.165, 1.54) is 57.4 Å². The maximum atomic E-state index is 6.78. The van der Waals surface area contributed by atoms with Gasteiger partial charge in [0.2, 0.25) is 0 Å². The first-order valence-corrected chi connectivity index (χ1v) is 20.6. The molecule has 0 aliphatic carbocycles. The lowest BCUT2D eigenvalue weighted by molar-refractivity contribution is 0.672. The van der Waals surface area contributed by atoms with Gasteiger partial charge < -0.3 is 4.42 Å². The SMILES string of the molecule is Cc1ccc(-c2cc(-c3ccc4oc5c6ccccc6c6nc7ccccc7n6c5c4c3)cc(-c3cccc4c3sc3cccnc34)c2)c2sc3cccnc3c12. The standard InChI is InChI=1S/C50H28N4OS2/c1-27-17-19-33(49-43(27)45-42(57-49)16-8-22-52-45)31-24-29(23-30(25-31)32-11-6-12-36-44-41(56-48(32)36)15-7-21-51-44)28-18-20-40-37(26-28)46-47(55-40)34-9-2-3-10-35(34)50-53-38-13-4-5-14-39(38)54(46)50/h2-26H,1H3. The first kappa shape index (κ1) is 31.3. The fourth-order valence-corrected chi connectivity index (χ4v) is 11.5. The molecule has 57 heavy (non-hydrogen) atoms. The second kappa shape index (κ2) is 11.6. The number of aromatic nitrogens is 4. The summed E-state index contributed by atoms with van der Waals surface area (Å²) < 4.78 is 14.0. The Bertz CT molecular complexity index is 3850. The Balaban J connectivity index is 1.12. The lowest BCUT2D eigenvalue weighted by Crippen LogP contribution is -1.90. The molecule has 13 aromatic rings. The van der Waals surface area contributed by atoms with Gasteiger partial charge in [0, 0.05) is 48.7 Å². The van der Waals surface area contributed by atoms with E-state index in [1.807, 2.05) is 47.2 Å². The van der Waals surface area contributed by atoms with Gasteiger partial charge >= 0.3 is 0 Å². The van der Waals surface area contributed by atoms with Gasteiger partial charge in [-0.1, -0.05) is 72.8 Å². The van der Waals surface area contributed by atoms with E-state index in [1.54, 1.807) is 0 Å². The van der Waals surface area contributed by atoms with E-state index in [0.29, 0.717) is 0 Å². The third-order valence-corrected chi connectivity index (χ3v) is 14.0. The molecule has 6 aromatic carbocycles. The van der Waals surface area contributed by atoms with Crippen LogP contribution in [0, 0.1) is 6.92 Å². The maximum Gasteiger partial charge on any atom is 0.160 e. The molecule has 0 saturated carbocycles. The zero-order valence-electron chi connectivity index (χ0n) is 30.4. The third-order valence-electron chi connectivity index (χ3n) is 11.6. The molecule has 0 saturated heterocycles. The van der Waals surface area contributed by atoms with Crippen LogP contribution >= 0.6 is 22.7 Å². The first-order chi connectivity index (χ1) is 28.2. The van der Waals surface area contributed by atoms with E-state index in [4.69, 9.17) is 19.4 Å². The van der Waals surface area contributed by atoms with E-state index >= 15 is 0 Å². The Morgan fingerprint density at radius 3 is 2.14 bits per heavy atom. The lowest BCUT2D eigenvalue weighted by Gasteiger charge is -2.13. The van der Waals surface area contributed by atoms with Gasteiger partial charge in [-0.15, -0.1) is 22.7 Å². The lowest BCUT2D eigenvalue weighted by atomic mass is 9.91. The summed E-state index contributed by atoms with van der Waals surface area (Å²) in [5.41, 5.74) is 16.1. The first-order valence-electron chi connectivity index (χ1n) is 19.0. The minimum Gasteiger partial charge on any atom is -0.454 e. The van der Waals surface area contributed by atoms with E-state index in [-0.39, 0.29) is 0 Å². The highest BCUT2D eigenvalue weighted by molar-refractivity contribution is 7.26. The zero-order valence-corrected chi connectivity index (χ0v) is 32.1. The van der Waals surface area contributed by atoms with Crippen LogP contribution < -0.4 is 0 Å². The molecule has 0 aliphatic heterocycles. The Kier molecular flexibility index (Phi) is 6.34. The normalized spacial score (nSPS) is 12.3. The summed E-state index contributed by atoms with van der Waals surface area (Å²) >= 11 is 3.64. The van der Waals surface area contributed by atoms with E-state index < -0.39 is 0 Å². The minimum absolute atomic E-state index is 0.848. The molecule has 13 rings (SSSR count). The summed E-state index contributed by atoms with van der Waals surface area (Å²) in [6, 6.07) is 50.1. The highest BCUT2D eigenvalue weighted by Crippen LogP contribution is 2.46. The third kappa shape index (κ3) is 4.41. The number of imidazole rings is 1. The van der Waals surface area contributed by atoms with Gasteiger partial charge in [0.1, 0.15) is 16.7 Å². The maximum absolute atomic E-state index is 6.78. The Labute approximate surface area is 332 Å². The number of thiophene rings is 2. The number of nitrogens with zero attached hydrogens (tertiary/aromatic N) is 4. The summed E-state index contributed by atoms with van der Waals surface area (Å²) in [5, 5.41) is 5.60. The van der Waals surface area contributed by atoms with Gasteiger partial charge in [-0.25, -0.2) is 4.98 Å². The quantitative estimate of drug-likeness (QED) is 0.180. The molecule has 0 bridgehead atoms. The average Bonchev–Trinajstić information content (AvgIpc) is 4.04. The van der Waals surface area contributed by atoms with Crippen LogP contribution in [-0.2, 0) is 0 Å². The van der Waals surface area contributed by atoms with Crippen molar-refractivity contribution in [2.24, 2.45) is 0 Å². The number of benzene rings is 6. The summed E-state index contributed by atoms with van der Waals surface area (Å²) in [5.74, 6) is 0. The van der Waals surface area contributed by atoms with Crippen LogP contribution in [0.3, 0.4) is 0 Å². The molecule has 7 heterocycles. The van der Waals surface area contributed by atoms with Gasteiger partial charge in [0.25, 0.3) is 0 Å². The number of pyridine rings is 3. The molecule has 0 fully saturated rings. The van der Waals surface area contributed by atoms with Crippen molar-refractivity contribution in [3.05, 3.63) is 157 Å². The van der Waals surface area contributed by atoms with Crippen LogP contribution in [-0.4, -0.2) is 19.4 Å². The molecule has 266 valence electrons. The van der Waals surface area contributed by atoms with Gasteiger partial charge in [0.15, 0.2) is 5.58 Å². The fourth-order valence-electron chi connectivity index (χ4n) is 9.01. The second-order valence-electron chi connectivity index (χ2n) is 14.8. The smallest absolute Gasteiger partial charge is 0.160 e. The minimum atomic E-state index is 0.848. The summed E-state index contributed by atoms with van der Waals surface area (Å²) in [6.45, 7) is 2.19. The van der Waals surface area contributed by atoms with Crippen LogP contribution in [0.1, 0.15) is 5.56 Å². The van der Waals surface area contributed by atoms with Crippen molar-refractivity contribution in [1.82, 2.24) is 19.4 Å². The van der Waals surface area contributed by atoms with Crippen LogP contribution in [0.2, 0.25) is 0 Å². The van der Waals surface area contributed by atoms with E-state index in [2.05, 4.69) is 139 Å². The molecular formula is C50H28N4OS2. The van der Waals surface area contributed by atoms with Crippen LogP contribution in [0.5, 0.6) is 0 Å².